The molecule has 0 aromatic heterocycles. The Hall–Kier alpha value is -0.120. The highest BCUT2D eigenvalue weighted by molar-refractivity contribution is 4.54. The topological polar surface area (TPSA) is 21.3 Å². The van der Waals surface area contributed by atoms with Gasteiger partial charge in [-0.2, -0.15) is 0 Å². The Labute approximate surface area is 81.7 Å². The van der Waals surface area contributed by atoms with E-state index in [1.54, 1.807) is 0 Å². The maximum atomic E-state index is 5.36. The van der Waals surface area contributed by atoms with Gasteiger partial charge in [0.05, 0.1) is 26.8 Å². The number of morpholine rings is 1. The number of quaternary nitrogens is 1. The van der Waals surface area contributed by atoms with Crippen LogP contribution in [0.1, 0.15) is 13.8 Å². The third kappa shape index (κ3) is 4.07. The molecule has 1 aliphatic rings. The summed E-state index contributed by atoms with van der Waals surface area (Å²) in [6.45, 7) is 10.9. The smallest absolute Gasteiger partial charge is 0.102 e. The van der Waals surface area contributed by atoms with Crippen LogP contribution in [0.25, 0.3) is 0 Å². The molecular formula is C10H23N2O+. The Balaban J connectivity index is 2.17. The number of likely N-dealkylation sites (N-methyl/N-ethyl adjacent to an activating group) is 1. The van der Waals surface area contributed by atoms with E-state index in [9.17, 15) is 0 Å². The van der Waals surface area contributed by atoms with Gasteiger partial charge in [0, 0.05) is 12.6 Å². The summed E-state index contributed by atoms with van der Waals surface area (Å²) in [6.07, 6.45) is 0. The average molecular weight is 187 g/mol. The second-order valence-electron chi connectivity index (χ2n) is 4.51. The van der Waals surface area contributed by atoms with E-state index < -0.39 is 0 Å². The highest BCUT2D eigenvalue weighted by Gasteiger charge is 2.24. The first kappa shape index (κ1) is 11.0. The molecule has 0 radical (unpaired) electrons. The van der Waals surface area contributed by atoms with Crippen LogP contribution in [-0.2, 0) is 4.74 Å². The van der Waals surface area contributed by atoms with Crippen LogP contribution in [0, 0.1) is 0 Å². The zero-order chi connectivity index (χ0) is 9.73. The Bertz CT molecular complexity index is 142. The van der Waals surface area contributed by atoms with Crippen LogP contribution in [0.5, 0.6) is 0 Å². The van der Waals surface area contributed by atoms with E-state index in [0.717, 1.165) is 19.8 Å². The van der Waals surface area contributed by atoms with E-state index in [0.29, 0.717) is 6.04 Å². The molecule has 0 unspecified atom stereocenters. The van der Waals surface area contributed by atoms with Gasteiger partial charge >= 0.3 is 0 Å². The van der Waals surface area contributed by atoms with Crippen LogP contribution < -0.4 is 5.32 Å². The van der Waals surface area contributed by atoms with E-state index >= 15 is 0 Å². The van der Waals surface area contributed by atoms with Gasteiger partial charge in [0.15, 0.2) is 0 Å². The van der Waals surface area contributed by atoms with Crippen molar-refractivity contribution >= 4 is 0 Å². The molecule has 1 fully saturated rings. The Kier molecular flexibility index (Phi) is 4.16. The molecule has 0 aromatic rings. The summed E-state index contributed by atoms with van der Waals surface area (Å²) in [5.74, 6) is 0. The molecule has 1 rings (SSSR count). The molecule has 13 heavy (non-hydrogen) atoms. The minimum absolute atomic E-state index is 0.604. The molecule has 1 aliphatic heterocycles. The quantitative estimate of drug-likeness (QED) is 0.646. The van der Waals surface area contributed by atoms with Crippen LogP contribution in [0.15, 0.2) is 0 Å². The summed E-state index contributed by atoms with van der Waals surface area (Å²) >= 11 is 0. The van der Waals surface area contributed by atoms with E-state index in [1.165, 1.54) is 24.1 Å². The van der Waals surface area contributed by atoms with Crippen molar-refractivity contribution in [2.75, 3.05) is 46.4 Å². The van der Waals surface area contributed by atoms with Crippen molar-refractivity contribution in [3.05, 3.63) is 0 Å². The second-order valence-corrected chi connectivity index (χ2v) is 4.51. The molecule has 0 spiro atoms. The molecule has 1 saturated heterocycles. The molecule has 0 saturated carbocycles. The third-order valence-electron chi connectivity index (χ3n) is 2.76. The molecular weight excluding hydrogens is 164 g/mol. The maximum Gasteiger partial charge on any atom is 0.102 e. The fourth-order valence-electron chi connectivity index (χ4n) is 1.63. The van der Waals surface area contributed by atoms with Crippen LogP contribution in [-0.4, -0.2) is 57.0 Å². The summed E-state index contributed by atoms with van der Waals surface area (Å²) in [7, 11) is 2.32. The van der Waals surface area contributed by atoms with Crippen LogP contribution in [0.2, 0.25) is 0 Å². The lowest BCUT2D eigenvalue weighted by Crippen LogP contribution is -2.54. The van der Waals surface area contributed by atoms with Gasteiger partial charge in [-0.05, 0) is 0 Å². The number of rotatable bonds is 4. The van der Waals surface area contributed by atoms with Crippen molar-refractivity contribution in [1.82, 2.24) is 5.32 Å². The van der Waals surface area contributed by atoms with Gasteiger partial charge < -0.3 is 14.5 Å². The zero-order valence-corrected chi connectivity index (χ0v) is 9.18. The summed E-state index contributed by atoms with van der Waals surface area (Å²) in [6, 6.07) is 0.604. The Morgan fingerprint density at radius 1 is 1.31 bits per heavy atom. The number of nitrogens with one attached hydrogen (secondary N) is 1. The molecule has 1 N–H and O–H groups in total. The molecule has 3 heteroatoms. The summed E-state index contributed by atoms with van der Waals surface area (Å²) < 4.78 is 6.52. The van der Waals surface area contributed by atoms with Crippen molar-refractivity contribution in [1.29, 1.82) is 0 Å². The lowest BCUT2D eigenvalue weighted by Gasteiger charge is -2.37. The summed E-state index contributed by atoms with van der Waals surface area (Å²) in [5.41, 5.74) is 0. The van der Waals surface area contributed by atoms with Gasteiger partial charge in [-0.25, -0.2) is 0 Å². The van der Waals surface area contributed by atoms with Gasteiger partial charge in [0.25, 0.3) is 0 Å². The fourth-order valence-corrected chi connectivity index (χ4v) is 1.63. The molecule has 0 aromatic carbocycles. The first-order valence-electron chi connectivity index (χ1n) is 5.27. The minimum Gasteiger partial charge on any atom is -0.370 e. The van der Waals surface area contributed by atoms with Crippen molar-refractivity contribution in [2.24, 2.45) is 0 Å². The second kappa shape index (κ2) is 4.94. The molecule has 1 heterocycles. The average Bonchev–Trinajstić information content (AvgIpc) is 2.04. The van der Waals surface area contributed by atoms with Crippen molar-refractivity contribution < 1.29 is 9.22 Å². The molecule has 3 nitrogen and oxygen atoms in total. The first-order chi connectivity index (χ1) is 6.12. The summed E-state index contributed by atoms with van der Waals surface area (Å²) in [4.78, 5) is 0. The third-order valence-corrected chi connectivity index (χ3v) is 2.76. The van der Waals surface area contributed by atoms with Gasteiger partial charge in [0.2, 0.25) is 0 Å². The van der Waals surface area contributed by atoms with Crippen molar-refractivity contribution in [3.63, 3.8) is 0 Å². The SMILES string of the molecule is CC(C)NCC[N+]1(C)CCOCC1. The van der Waals surface area contributed by atoms with Crippen LogP contribution in [0.3, 0.4) is 0 Å². The molecule has 0 atom stereocenters. The molecule has 0 aliphatic carbocycles. The van der Waals surface area contributed by atoms with Gasteiger partial charge in [-0.3, -0.25) is 0 Å². The lowest BCUT2D eigenvalue weighted by atomic mass is 10.3. The van der Waals surface area contributed by atoms with Crippen molar-refractivity contribution in [3.8, 4) is 0 Å². The van der Waals surface area contributed by atoms with Gasteiger partial charge in [-0.15, -0.1) is 0 Å². The largest absolute Gasteiger partial charge is 0.370 e. The lowest BCUT2D eigenvalue weighted by molar-refractivity contribution is -0.915. The van der Waals surface area contributed by atoms with Crippen LogP contribution >= 0.6 is 0 Å². The van der Waals surface area contributed by atoms with E-state index in [1.807, 2.05) is 0 Å². The van der Waals surface area contributed by atoms with Crippen molar-refractivity contribution in [2.45, 2.75) is 19.9 Å². The number of ether oxygens (including phenoxy) is 1. The fraction of sp³-hybridized carbons (Fsp3) is 1.00. The van der Waals surface area contributed by atoms with E-state index in [2.05, 4.69) is 26.2 Å². The molecule has 0 amide bonds. The monoisotopic (exact) mass is 187 g/mol. The zero-order valence-electron chi connectivity index (χ0n) is 9.18. The van der Waals surface area contributed by atoms with Gasteiger partial charge in [0.1, 0.15) is 13.1 Å². The van der Waals surface area contributed by atoms with Crippen LogP contribution in [0.4, 0.5) is 0 Å². The van der Waals surface area contributed by atoms with E-state index in [-0.39, 0.29) is 0 Å². The molecule has 78 valence electrons. The molecule has 0 bridgehead atoms. The highest BCUT2D eigenvalue weighted by Crippen LogP contribution is 2.05. The number of hydrogen-bond donors (Lipinski definition) is 1. The summed E-state index contributed by atoms with van der Waals surface area (Å²) in [5, 5.41) is 3.46. The highest BCUT2D eigenvalue weighted by atomic mass is 16.5. The Morgan fingerprint density at radius 2 is 1.92 bits per heavy atom. The predicted octanol–water partition coefficient (Wildman–Crippen LogP) is 0.461. The number of nitrogens with zero attached hydrogens (tertiary/aromatic N) is 1. The maximum absolute atomic E-state index is 5.36. The predicted molar refractivity (Wildman–Crippen MR) is 54.7 cm³/mol. The standard InChI is InChI=1S/C10H23N2O/c1-10(2)11-4-5-12(3)6-8-13-9-7-12/h10-11H,4-9H2,1-3H3/q+1. The Morgan fingerprint density at radius 3 is 2.46 bits per heavy atom. The first-order valence-corrected chi connectivity index (χ1v) is 5.27. The number of hydrogen-bond acceptors (Lipinski definition) is 2. The minimum atomic E-state index is 0.604. The van der Waals surface area contributed by atoms with Gasteiger partial charge in [-0.1, -0.05) is 13.8 Å². The van der Waals surface area contributed by atoms with E-state index in [4.69, 9.17) is 4.74 Å². The normalized spacial score (nSPS) is 22.2.